The maximum atomic E-state index is 4.99. The second-order valence-corrected chi connectivity index (χ2v) is 2.83. The first kappa shape index (κ1) is 8.11. The first-order chi connectivity index (χ1) is 5.15. The van der Waals surface area contributed by atoms with Crippen molar-refractivity contribution in [2.75, 3.05) is 7.11 Å². The number of aromatic nitrogens is 2. The third-order valence-corrected chi connectivity index (χ3v) is 1.66. The molecule has 0 radical (unpaired) electrons. The zero-order chi connectivity index (χ0) is 8.43. The summed E-state index contributed by atoms with van der Waals surface area (Å²) in [7, 11) is 1.63. The number of hydrogen-bond donors (Lipinski definition) is 0. The third-order valence-electron chi connectivity index (χ3n) is 1.66. The van der Waals surface area contributed by atoms with Crippen LogP contribution in [0.25, 0.3) is 0 Å². The second-order valence-electron chi connectivity index (χ2n) is 2.83. The summed E-state index contributed by atoms with van der Waals surface area (Å²) in [6.07, 6.45) is 1.92. The lowest BCUT2D eigenvalue weighted by Crippen LogP contribution is -2.00. The van der Waals surface area contributed by atoms with Gasteiger partial charge < -0.3 is 9.30 Å². The van der Waals surface area contributed by atoms with Gasteiger partial charge in [-0.1, -0.05) is 0 Å². The van der Waals surface area contributed by atoms with Crippen molar-refractivity contribution in [1.82, 2.24) is 9.55 Å². The normalized spacial score (nSPS) is 10.6. The van der Waals surface area contributed by atoms with E-state index in [1.54, 1.807) is 7.11 Å². The number of nitrogens with zero attached hydrogens (tertiary/aromatic N) is 2. The van der Waals surface area contributed by atoms with Crippen LogP contribution in [-0.2, 0) is 0 Å². The van der Waals surface area contributed by atoms with Crippen LogP contribution >= 0.6 is 0 Å². The van der Waals surface area contributed by atoms with Crippen molar-refractivity contribution in [2.45, 2.75) is 26.8 Å². The molecule has 1 rings (SSSR count). The molecule has 1 heterocycles. The highest BCUT2D eigenvalue weighted by molar-refractivity contribution is 5.09. The van der Waals surface area contributed by atoms with Crippen LogP contribution in [0.1, 0.15) is 25.7 Å². The first-order valence-corrected chi connectivity index (χ1v) is 3.74. The van der Waals surface area contributed by atoms with Gasteiger partial charge in [0.2, 0.25) is 5.88 Å². The molecule has 3 nitrogen and oxygen atoms in total. The maximum Gasteiger partial charge on any atom is 0.231 e. The fraction of sp³-hybridized carbons (Fsp3) is 0.625. The molecule has 11 heavy (non-hydrogen) atoms. The fourth-order valence-corrected chi connectivity index (χ4v) is 1.08. The Morgan fingerprint density at radius 2 is 2.18 bits per heavy atom. The van der Waals surface area contributed by atoms with Crippen LogP contribution in [0.15, 0.2) is 6.20 Å². The molecule has 0 saturated carbocycles. The van der Waals surface area contributed by atoms with Gasteiger partial charge in [-0.15, -0.1) is 0 Å². The largest absolute Gasteiger partial charge is 0.480 e. The lowest BCUT2D eigenvalue weighted by Gasteiger charge is -2.06. The topological polar surface area (TPSA) is 27.1 Å². The Bertz CT molecular complexity index is 240. The van der Waals surface area contributed by atoms with E-state index in [0.717, 1.165) is 5.82 Å². The molecule has 0 aliphatic heterocycles. The number of ether oxygens (including phenoxy) is 1. The summed E-state index contributed by atoms with van der Waals surface area (Å²) in [5, 5.41) is 0. The Kier molecular flexibility index (Phi) is 2.17. The molecule has 0 aliphatic rings. The van der Waals surface area contributed by atoms with E-state index in [1.165, 1.54) is 0 Å². The number of rotatable bonds is 2. The molecule has 1 aromatic rings. The summed E-state index contributed by atoms with van der Waals surface area (Å²) in [5.74, 6) is 1.69. The highest BCUT2D eigenvalue weighted by atomic mass is 16.5. The van der Waals surface area contributed by atoms with Crippen LogP contribution in [0.3, 0.4) is 0 Å². The van der Waals surface area contributed by atoms with Crippen molar-refractivity contribution in [1.29, 1.82) is 0 Å². The molecule has 0 bridgehead atoms. The summed E-state index contributed by atoms with van der Waals surface area (Å²) in [6, 6.07) is 0.450. The number of aryl methyl sites for hydroxylation is 1. The molecule has 0 fully saturated rings. The molecule has 0 spiro atoms. The summed E-state index contributed by atoms with van der Waals surface area (Å²) >= 11 is 0. The minimum Gasteiger partial charge on any atom is -0.480 e. The minimum atomic E-state index is 0.450. The Morgan fingerprint density at radius 3 is 2.45 bits per heavy atom. The predicted molar refractivity (Wildman–Crippen MR) is 43.9 cm³/mol. The van der Waals surface area contributed by atoms with Crippen molar-refractivity contribution in [2.24, 2.45) is 0 Å². The van der Waals surface area contributed by atoms with Crippen molar-refractivity contribution < 1.29 is 4.74 Å². The monoisotopic (exact) mass is 154 g/mol. The molecule has 0 aliphatic carbocycles. The molecule has 0 N–H and O–H groups in total. The highest BCUT2D eigenvalue weighted by Gasteiger charge is 2.05. The quantitative estimate of drug-likeness (QED) is 0.649. The van der Waals surface area contributed by atoms with Gasteiger partial charge in [-0.2, -0.15) is 4.98 Å². The van der Waals surface area contributed by atoms with E-state index in [0.29, 0.717) is 11.9 Å². The van der Waals surface area contributed by atoms with Gasteiger partial charge in [0.05, 0.1) is 13.3 Å². The maximum absolute atomic E-state index is 4.99. The van der Waals surface area contributed by atoms with Gasteiger partial charge in [0.1, 0.15) is 5.82 Å². The van der Waals surface area contributed by atoms with Gasteiger partial charge in [0.25, 0.3) is 0 Å². The van der Waals surface area contributed by atoms with Crippen molar-refractivity contribution >= 4 is 0 Å². The van der Waals surface area contributed by atoms with Crippen LogP contribution in [0.5, 0.6) is 5.88 Å². The van der Waals surface area contributed by atoms with Crippen LogP contribution < -0.4 is 4.74 Å². The lowest BCUT2D eigenvalue weighted by atomic mass is 10.4. The van der Waals surface area contributed by atoms with E-state index in [-0.39, 0.29) is 0 Å². The average Bonchev–Trinajstić information content (AvgIpc) is 2.30. The van der Waals surface area contributed by atoms with Crippen LogP contribution in [-0.4, -0.2) is 16.7 Å². The molecule has 0 aromatic carbocycles. The summed E-state index contributed by atoms with van der Waals surface area (Å²) in [5.41, 5.74) is 0. The molecule has 0 atom stereocenters. The molecule has 1 aromatic heterocycles. The van der Waals surface area contributed by atoms with E-state index in [1.807, 2.05) is 13.1 Å². The number of hydrogen-bond acceptors (Lipinski definition) is 2. The van der Waals surface area contributed by atoms with Crippen molar-refractivity contribution in [3.05, 3.63) is 12.0 Å². The van der Waals surface area contributed by atoms with Gasteiger partial charge >= 0.3 is 0 Å². The first-order valence-electron chi connectivity index (χ1n) is 3.74. The van der Waals surface area contributed by atoms with Gasteiger partial charge in [-0.05, 0) is 20.8 Å². The average molecular weight is 154 g/mol. The summed E-state index contributed by atoms with van der Waals surface area (Å²) in [6.45, 7) is 6.21. The standard InChI is InChI=1S/C8H14N2O/c1-6(2)10-5-8(11-4)9-7(10)3/h5-6H,1-4H3. The molecule has 0 saturated heterocycles. The smallest absolute Gasteiger partial charge is 0.231 e. The molecule has 3 heteroatoms. The van der Waals surface area contributed by atoms with E-state index < -0.39 is 0 Å². The highest BCUT2D eigenvalue weighted by Crippen LogP contribution is 2.14. The van der Waals surface area contributed by atoms with Gasteiger partial charge in [-0.3, -0.25) is 0 Å². The van der Waals surface area contributed by atoms with E-state index in [9.17, 15) is 0 Å². The number of imidazole rings is 1. The van der Waals surface area contributed by atoms with Crippen molar-refractivity contribution in [3.8, 4) is 5.88 Å². The zero-order valence-electron chi connectivity index (χ0n) is 7.46. The molecule has 0 amide bonds. The molecule has 62 valence electrons. The second kappa shape index (κ2) is 2.95. The number of methoxy groups -OCH3 is 1. The zero-order valence-corrected chi connectivity index (χ0v) is 7.46. The van der Waals surface area contributed by atoms with Gasteiger partial charge in [-0.25, -0.2) is 0 Å². The SMILES string of the molecule is COc1cn(C(C)C)c(C)n1. The van der Waals surface area contributed by atoms with E-state index >= 15 is 0 Å². The van der Waals surface area contributed by atoms with Crippen molar-refractivity contribution in [3.63, 3.8) is 0 Å². The van der Waals surface area contributed by atoms with Gasteiger partial charge in [0.15, 0.2) is 0 Å². The summed E-state index contributed by atoms with van der Waals surface area (Å²) < 4.78 is 7.08. The lowest BCUT2D eigenvalue weighted by molar-refractivity contribution is 0.398. The van der Waals surface area contributed by atoms with Crippen LogP contribution in [0.2, 0.25) is 0 Å². The van der Waals surface area contributed by atoms with E-state index in [4.69, 9.17) is 4.74 Å². The Labute approximate surface area is 67.0 Å². The Balaban J connectivity index is 2.97. The van der Waals surface area contributed by atoms with E-state index in [2.05, 4.69) is 23.4 Å². The Morgan fingerprint density at radius 1 is 1.55 bits per heavy atom. The van der Waals surface area contributed by atoms with Crippen LogP contribution in [0, 0.1) is 6.92 Å². The fourth-order valence-electron chi connectivity index (χ4n) is 1.08. The van der Waals surface area contributed by atoms with Gasteiger partial charge in [0, 0.05) is 6.04 Å². The molecular formula is C8H14N2O. The molecular weight excluding hydrogens is 140 g/mol. The van der Waals surface area contributed by atoms with Crippen LogP contribution in [0.4, 0.5) is 0 Å². The Hall–Kier alpha value is -0.990. The molecule has 0 unspecified atom stereocenters. The summed E-state index contributed by atoms with van der Waals surface area (Å²) in [4.78, 5) is 4.19. The third kappa shape index (κ3) is 1.53. The predicted octanol–water partition coefficient (Wildman–Crippen LogP) is 1.78. The minimum absolute atomic E-state index is 0.450.